The van der Waals surface area contributed by atoms with Gasteiger partial charge >= 0.3 is 5.97 Å². The lowest BCUT2D eigenvalue weighted by molar-refractivity contribution is -0.384. The zero-order valence-corrected chi connectivity index (χ0v) is 18.3. The van der Waals surface area contributed by atoms with Crippen molar-refractivity contribution in [3.05, 3.63) is 58.3 Å². The van der Waals surface area contributed by atoms with E-state index in [1.54, 1.807) is 21.9 Å². The predicted octanol–water partition coefficient (Wildman–Crippen LogP) is 0.284. The van der Waals surface area contributed by atoms with Crippen LogP contribution in [0.3, 0.4) is 0 Å². The van der Waals surface area contributed by atoms with Crippen LogP contribution < -0.4 is 4.90 Å². The van der Waals surface area contributed by atoms with Crippen molar-refractivity contribution in [1.82, 2.24) is 9.80 Å². The molecular formula is C20H21N5O7S. The highest BCUT2D eigenvalue weighted by Gasteiger charge is 2.27. The molecular weight excluding hydrogens is 454 g/mol. The molecule has 174 valence electrons. The molecule has 3 heterocycles. The van der Waals surface area contributed by atoms with Crippen LogP contribution in [0.25, 0.3) is 0 Å². The molecule has 1 amide bonds. The fraction of sp³-hybridized carbons (Fsp3) is 0.350. The number of carbonyl (C=O) groups excluding carboxylic acids is 2. The second-order valence-corrected chi connectivity index (χ2v) is 9.32. The zero-order valence-electron chi connectivity index (χ0n) is 17.5. The first-order chi connectivity index (χ1) is 15.7. The number of sulfonamides is 1. The van der Waals surface area contributed by atoms with Gasteiger partial charge in [-0.3, -0.25) is 14.9 Å². The van der Waals surface area contributed by atoms with E-state index in [1.165, 1.54) is 30.5 Å². The number of nitro benzene ring substituents is 1. The van der Waals surface area contributed by atoms with Gasteiger partial charge in [-0.25, -0.2) is 13.2 Å². The molecule has 0 saturated carbocycles. The highest BCUT2D eigenvalue weighted by atomic mass is 32.2. The van der Waals surface area contributed by atoms with Crippen molar-refractivity contribution in [2.24, 2.45) is 4.40 Å². The molecule has 0 atom stereocenters. The van der Waals surface area contributed by atoms with E-state index in [2.05, 4.69) is 4.40 Å². The van der Waals surface area contributed by atoms with Crippen molar-refractivity contribution in [3.8, 4) is 0 Å². The molecule has 3 aliphatic rings. The number of rotatable bonds is 5. The van der Waals surface area contributed by atoms with E-state index in [9.17, 15) is 28.1 Å². The summed E-state index contributed by atoms with van der Waals surface area (Å²) >= 11 is 0. The maximum absolute atomic E-state index is 12.5. The van der Waals surface area contributed by atoms with Gasteiger partial charge in [-0.1, -0.05) is 0 Å². The Hall–Kier alpha value is -3.74. The maximum atomic E-state index is 12.5. The molecule has 33 heavy (non-hydrogen) atoms. The summed E-state index contributed by atoms with van der Waals surface area (Å²) in [7, 11) is -3.48. The van der Waals surface area contributed by atoms with Gasteiger partial charge in [0.25, 0.3) is 21.6 Å². The van der Waals surface area contributed by atoms with Crippen molar-refractivity contribution >= 4 is 39.1 Å². The van der Waals surface area contributed by atoms with Crippen LogP contribution in [0.4, 0.5) is 11.4 Å². The van der Waals surface area contributed by atoms with Gasteiger partial charge in [0.1, 0.15) is 5.84 Å². The molecule has 12 nitrogen and oxygen atoms in total. The number of esters is 1. The Morgan fingerprint density at radius 3 is 2.42 bits per heavy atom. The normalized spacial score (nSPS) is 19.3. The van der Waals surface area contributed by atoms with E-state index in [-0.39, 0.29) is 35.3 Å². The molecule has 1 aromatic rings. The van der Waals surface area contributed by atoms with Gasteiger partial charge in [-0.15, -0.1) is 4.40 Å². The summed E-state index contributed by atoms with van der Waals surface area (Å²) in [5.41, 5.74) is 1.05. The number of nitrogens with zero attached hydrogens (tertiary/aromatic N) is 5. The number of amidine groups is 1. The minimum absolute atomic E-state index is 0.0196. The minimum Gasteiger partial charge on any atom is -0.452 e. The fourth-order valence-electron chi connectivity index (χ4n) is 3.62. The molecule has 0 spiro atoms. The number of benzene rings is 1. The lowest BCUT2D eigenvalue weighted by Gasteiger charge is -2.36. The highest BCUT2D eigenvalue weighted by molar-refractivity contribution is 7.90. The number of non-ortho nitro benzene ring substituents is 1. The molecule has 3 aliphatic heterocycles. The van der Waals surface area contributed by atoms with E-state index in [4.69, 9.17) is 4.74 Å². The van der Waals surface area contributed by atoms with E-state index in [0.717, 1.165) is 5.69 Å². The smallest absolute Gasteiger partial charge is 0.340 e. The van der Waals surface area contributed by atoms with Gasteiger partial charge in [0.05, 0.1) is 16.2 Å². The summed E-state index contributed by atoms with van der Waals surface area (Å²) in [6.07, 6.45) is 4.29. The van der Waals surface area contributed by atoms with Crippen LogP contribution in [-0.2, 0) is 24.3 Å². The Bertz CT molecular complexity index is 1170. The molecule has 4 rings (SSSR count). The molecule has 0 aromatic heterocycles. The molecule has 1 fully saturated rings. The number of ether oxygens (including phenoxy) is 1. The van der Waals surface area contributed by atoms with Crippen LogP contribution in [-0.4, -0.2) is 85.9 Å². The summed E-state index contributed by atoms with van der Waals surface area (Å²) in [6.45, 7) is 1.73. The number of amides is 1. The Balaban J connectivity index is 1.26. The van der Waals surface area contributed by atoms with Crippen LogP contribution in [0.1, 0.15) is 0 Å². The number of hydrogen-bond donors (Lipinski definition) is 0. The average molecular weight is 475 g/mol. The Labute approximate surface area is 189 Å². The molecule has 0 aliphatic carbocycles. The Kier molecular flexibility index (Phi) is 6.14. The average Bonchev–Trinajstić information content (AvgIpc) is 2.81. The van der Waals surface area contributed by atoms with Crippen LogP contribution in [0.2, 0.25) is 0 Å². The molecule has 13 heteroatoms. The molecule has 1 saturated heterocycles. The topological polar surface area (TPSA) is 143 Å². The molecule has 0 radical (unpaired) electrons. The number of fused-ring (bicyclic) bond motifs is 1. The second-order valence-electron chi connectivity index (χ2n) is 7.56. The first-order valence-electron chi connectivity index (χ1n) is 10.2. The second kappa shape index (κ2) is 9.02. The minimum atomic E-state index is -3.48. The third-order valence-corrected chi connectivity index (χ3v) is 6.61. The van der Waals surface area contributed by atoms with Gasteiger partial charge in [-0.2, -0.15) is 0 Å². The fourth-order valence-corrected chi connectivity index (χ4v) is 4.59. The molecule has 1 aromatic carbocycles. The SMILES string of the molecule is O=C(OCC(=O)N1CCN(c2ccc([N+](=O)[O-])cc2)CC1)C1=CN2CCS(=O)(=O)N=C2C=C1. The van der Waals surface area contributed by atoms with Gasteiger partial charge in [0.2, 0.25) is 0 Å². The van der Waals surface area contributed by atoms with Crippen LogP contribution in [0.15, 0.2) is 52.6 Å². The van der Waals surface area contributed by atoms with Crippen LogP contribution >= 0.6 is 0 Å². The highest BCUT2D eigenvalue weighted by Crippen LogP contribution is 2.21. The van der Waals surface area contributed by atoms with E-state index >= 15 is 0 Å². The number of carbonyl (C=O) groups is 2. The molecule has 0 unspecified atom stereocenters. The van der Waals surface area contributed by atoms with Crippen molar-refractivity contribution < 1.29 is 27.7 Å². The van der Waals surface area contributed by atoms with Gasteiger partial charge in [-0.05, 0) is 24.3 Å². The zero-order chi connectivity index (χ0) is 23.6. The molecule has 0 bridgehead atoms. The van der Waals surface area contributed by atoms with Crippen molar-refractivity contribution in [2.45, 2.75) is 0 Å². The largest absolute Gasteiger partial charge is 0.452 e. The summed E-state index contributed by atoms with van der Waals surface area (Å²) in [6, 6.07) is 6.24. The third kappa shape index (κ3) is 5.19. The lowest BCUT2D eigenvalue weighted by Crippen LogP contribution is -2.50. The van der Waals surface area contributed by atoms with Crippen molar-refractivity contribution in [1.29, 1.82) is 0 Å². The molecule has 0 N–H and O–H groups in total. The summed E-state index contributed by atoms with van der Waals surface area (Å²) in [4.78, 5) is 40.3. The van der Waals surface area contributed by atoms with Gasteiger partial charge in [0.15, 0.2) is 6.61 Å². The van der Waals surface area contributed by atoms with E-state index in [0.29, 0.717) is 26.2 Å². The Morgan fingerprint density at radius 1 is 1.06 bits per heavy atom. The quantitative estimate of drug-likeness (QED) is 0.333. The van der Waals surface area contributed by atoms with Gasteiger partial charge in [0, 0.05) is 56.7 Å². The monoisotopic (exact) mass is 475 g/mol. The van der Waals surface area contributed by atoms with Gasteiger partial charge < -0.3 is 19.4 Å². The predicted molar refractivity (Wildman–Crippen MR) is 118 cm³/mol. The van der Waals surface area contributed by atoms with Crippen molar-refractivity contribution in [3.63, 3.8) is 0 Å². The van der Waals surface area contributed by atoms with Crippen molar-refractivity contribution in [2.75, 3.05) is 50.0 Å². The lowest BCUT2D eigenvalue weighted by atomic mass is 10.2. The maximum Gasteiger partial charge on any atom is 0.340 e. The Morgan fingerprint density at radius 2 is 1.76 bits per heavy atom. The number of nitro groups is 1. The van der Waals surface area contributed by atoms with Crippen LogP contribution in [0.5, 0.6) is 0 Å². The summed E-state index contributed by atoms with van der Waals surface area (Å²) in [5.74, 6) is -0.914. The number of hydrogen-bond acceptors (Lipinski definition) is 9. The third-order valence-electron chi connectivity index (χ3n) is 5.44. The summed E-state index contributed by atoms with van der Waals surface area (Å²) < 4.78 is 31.9. The number of piperazine rings is 1. The van der Waals surface area contributed by atoms with Crippen LogP contribution in [0, 0.1) is 10.1 Å². The standard InChI is InChI=1S/C20H21N5O7S/c26-19(23-9-7-22(8-10-23)16-2-4-17(5-3-16)25(28)29)14-32-20(27)15-1-6-18-21-33(30,31)12-11-24(18)13-15/h1-6,13H,7-12,14H2. The first kappa shape index (κ1) is 22.5. The first-order valence-corrected chi connectivity index (χ1v) is 11.8. The number of anilines is 1. The van der Waals surface area contributed by atoms with E-state index in [1.807, 2.05) is 4.90 Å². The summed E-state index contributed by atoms with van der Waals surface area (Å²) in [5, 5.41) is 10.8. The van der Waals surface area contributed by atoms with E-state index < -0.39 is 27.5 Å².